The minimum Gasteiger partial charge on any atom is -0.460 e. The third-order valence-corrected chi connectivity index (χ3v) is 16.7. The quantitative estimate of drug-likeness (QED) is 0.111. The molecule has 2 N–H and O–H groups in total. The summed E-state index contributed by atoms with van der Waals surface area (Å²) in [6.45, 7) is 14.5. The third kappa shape index (κ3) is 15.0. The van der Waals surface area contributed by atoms with Crippen LogP contribution in [0, 0.1) is 35.5 Å². The zero-order valence-corrected chi connectivity index (χ0v) is 43.1. The Bertz CT molecular complexity index is 1860. The number of carbonyl (C=O) groups is 5. The number of cyclic esters (lactones) is 1. The van der Waals surface area contributed by atoms with E-state index in [1.54, 1.807) is 47.7 Å². The summed E-state index contributed by atoms with van der Waals surface area (Å²) in [6.07, 6.45) is 12.3. The van der Waals surface area contributed by atoms with Crippen molar-refractivity contribution >= 4 is 37.0 Å². The Morgan fingerprint density at radius 2 is 1.60 bits per heavy atom. The fraction of sp³-hybridized carbons (Fsp3) is 0.750. The highest BCUT2D eigenvalue weighted by atomic mass is 31.1. The first-order chi connectivity index (χ1) is 31.7. The molecule has 4 rings (SSSR count). The van der Waals surface area contributed by atoms with Gasteiger partial charge in [0, 0.05) is 64.1 Å². The maximum atomic E-state index is 14.4. The number of ether oxygens (including phenoxy) is 5. The number of hydrogen-bond acceptors (Lipinski definition) is 13. The lowest BCUT2D eigenvalue weighted by Gasteiger charge is -2.42. The smallest absolute Gasteiger partial charge is 0.329 e. The molecule has 1 aliphatic carbocycles. The van der Waals surface area contributed by atoms with Gasteiger partial charge in [0.2, 0.25) is 5.79 Å². The number of allylic oxidation sites excluding steroid dienone is 6. The topological polar surface area (TPSA) is 192 Å². The molecule has 3 aliphatic heterocycles. The SMILES string of the molecule is CO[C@H]1C[C@@H]2CC[C@@H](C)[C@@](O)(O2)C(=O)C(=O)N2CCCCC2C(=O)O[C@H]([C@H](C)C[C@@H]2CCC([PH](C)=O)[C@H](OC)C2)CC(=O)[C@H](C)/C=C(\C)[C@@H](O)[C@@H](OC)C(=O)[C@H](C)C[C@H](C)/C=C/C=C/C=C/1C. The number of hydrogen-bond donors (Lipinski definition) is 2. The van der Waals surface area contributed by atoms with E-state index in [0.29, 0.717) is 56.9 Å². The minimum atomic E-state index is -2.43. The van der Waals surface area contributed by atoms with Crippen LogP contribution in [0.4, 0.5) is 0 Å². The van der Waals surface area contributed by atoms with Gasteiger partial charge >= 0.3 is 5.97 Å². The number of carbonyl (C=O) groups excluding carboxylic acids is 5. The molecular formula is C52H82NO13P. The van der Waals surface area contributed by atoms with Crippen LogP contribution in [-0.4, -0.2) is 133 Å². The van der Waals surface area contributed by atoms with Crippen molar-refractivity contribution < 1.29 is 62.4 Å². The first kappa shape index (κ1) is 56.5. The monoisotopic (exact) mass is 960 g/mol. The molecule has 0 aromatic rings. The number of piperidine rings is 1. The number of nitrogens with zero attached hydrogens (tertiary/aromatic N) is 1. The number of ketones is 3. The van der Waals surface area contributed by atoms with Crippen LogP contribution in [0.3, 0.4) is 0 Å². The van der Waals surface area contributed by atoms with Gasteiger partial charge in [-0.2, -0.15) is 0 Å². The van der Waals surface area contributed by atoms with E-state index in [2.05, 4.69) is 0 Å². The average Bonchev–Trinajstić information content (AvgIpc) is 3.30. The van der Waals surface area contributed by atoms with Crippen LogP contribution in [0.1, 0.15) is 126 Å². The Morgan fingerprint density at radius 3 is 2.25 bits per heavy atom. The van der Waals surface area contributed by atoms with Crippen molar-refractivity contribution in [2.75, 3.05) is 34.5 Å². The Balaban J connectivity index is 1.71. The van der Waals surface area contributed by atoms with E-state index in [1.165, 1.54) is 12.0 Å². The van der Waals surface area contributed by atoms with E-state index in [9.17, 15) is 38.8 Å². The maximum absolute atomic E-state index is 14.4. The molecular weight excluding hydrogens is 878 g/mol. The Kier molecular flexibility index (Phi) is 22.1. The predicted molar refractivity (Wildman–Crippen MR) is 258 cm³/mol. The standard InChI is InChI=1S/C52H82NO13P/c1-31-17-13-12-14-18-32(2)42(62-8)29-39-22-20-37(7)52(60,66-39)49(57)50(58)53-24-16-15-19-40(53)51(59)65-43(34(4)27-38-21-23-45(67(11)61)44(28-38)63-9)30-41(54)33(3)26-36(6)47(56)48(64-10)46(55)35(5)25-31/h12-14,17-18,26,31,33-35,37-40,42-45,47-48,56,60,67H,15-16,19-25,27-30H2,1-11H3/b14-12+,17-13+,32-18+,36-26+/t31-,33-,34-,35-,37-,38+,39+,40?,42+,43+,44-,45?,47-,48+,52-/m1/s1. The fourth-order valence-corrected chi connectivity index (χ4v) is 12.0. The zero-order chi connectivity index (χ0) is 49.7. The van der Waals surface area contributed by atoms with Gasteiger partial charge in [-0.3, -0.25) is 19.2 Å². The summed E-state index contributed by atoms with van der Waals surface area (Å²) in [6, 6.07) is -1.14. The van der Waals surface area contributed by atoms with Gasteiger partial charge in [-0.1, -0.05) is 71.1 Å². The van der Waals surface area contributed by atoms with Crippen molar-refractivity contribution in [1.29, 1.82) is 0 Å². The van der Waals surface area contributed by atoms with E-state index in [0.717, 1.165) is 18.4 Å². The van der Waals surface area contributed by atoms with E-state index in [4.69, 9.17) is 23.7 Å². The number of rotatable bonds is 7. The molecule has 15 heteroatoms. The van der Waals surface area contributed by atoms with Crippen molar-refractivity contribution in [3.63, 3.8) is 0 Å². The zero-order valence-electron chi connectivity index (χ0n) is 42.1. The normalized spacial score (nSPS) is 40.0. The third-order valence-electron chi connectivity index (χ3n) is 15.0. The lowest BCUT2D eigenvalue weighted by atomic mass is 9.79. The molecule has 3 heterocycles. The number of amides is 1. The number of aliphatic hydroxyl groups excluding tert-OH is 1. The predicted octanol–water partition coefficient (Wildman–Crippen LogP) is 7.38. The van der Waals surface area contributed by atoms with Gasteiger partial charge in [0.15, 0.2) is 5.78 Å². The van der Waals surface area contributed by atoms with Crippen LogP contribution in [0.15, 0.2) is 47.6 Å². The molecule has 3 unspecified atom stereocenters. The molecule has 0 radical (unpaired) electrons. The van der Waals surface area contributed by atoms with Gasteiger partial charge in [-0.15, -0.1) is 0 Å². The first-order valence-corrected chi connectivity index (χ1v) is 26.6. The van der Waals surface area contributed by atoms with Gasteiger partial charge < -0.3 is 43.4 Å². The summed E-state index contributed by atoms with van der Waals surface area (Å²) in [4.78, 5) is 72.1. The van der Waals surface area contributed by atoms with Crippen molar-refractivity contribution in [1.82, 2.24) is 4.90 Å². The lowest BCUT2D eigenvalue weighted by molar-refractivity contribution is -0.265. The maximum Gasteiger partial charge on any atom is 0.329 e. The second-order valence-corrected chi connectivity index (χ2v) is 22.2. The lowest BCUT2D eigenvalue weighted by Crippen LogP contribution is -2.61. The largest absolute Gasteiger partial charge is 0.460 e. The molecule has 0 spiro atoms. The van der Waals surface area contributed by atoms with Crippen molar-refractivity contribution in [3.05, 3.63) is 47.6 Å². The van der Waals surface area contributed by atoms with Gasteiger partial charge in [0.1, 0.15) is 30.1 Å². The van der Waals surface area contributed by atoms with Gasteiger partial charge in [0.25, 0.3) is 11.7 Å². The first-order valence-electron chi connectivity index (χ1n) is 24.7. The fourth-order valence-electron chi connectivity index (χ4n) is 10.6. The number of aliphatic hydroxyl groups is 2. The summed E-state index contributed by atoms with van der Waals surface area (Å²) in [5.41, 5.74) is 1.25. The molecule has 67 heavy (non-hydrogen) atoms. The molecule has 0 aromatic carbocycles. The van der Waals surface area contributed by atoms with E-state index >= 15 is 0 Å². The summed E-state index contributed by atoms with van der Waals surface area (Å²) >= 11 is 0. The molecule has 378 valence electrons. The molecule has 2 bridgehead atoms. The Labute approximate surface area is 400 Å². The molecule has 1 saturated carbocycles. The van der Waals surface area contributed by atoms with Crippen LogP contribution >= 0.6 is 7.80 Å². The van der Waals surface area contributed by atoms with Crippen LogP contribution < -0.4 is 0 Å². The molecule has 1 amide bonds. The van der Waals surface area contributed by atoms with Gasteiger partial charge in [0.05, 0.1) is 26.1 Å². The number of methoxy groups -OCH3 is 3. The number of fused-ring (bicyclic) bond motifs is 3. The highest BCUT2D eigenvalue weighted by Gasteiger charge is 2.53. The Hall–Kier alpha value is -3.10. The highest BCUT2D eigenvalue weighted by Crippen LogP contribution is 2.42. The molecule has 4 aliphatic rings. The second kappa shape index (κ2) is 26.2. The van der Waals surface area contributed by atoms with Crippen LogP contribution in [0.5, 0.6) is 0 Å². The summed E-state index contributed by atoms with van der Waals surface area (Å²) in [5.74, 6) is -7.93. The van der Waals surface area contributed by atoms with E-state index in [-0.39, 0.29) is 60.5 Å². The summed E-state index contributed by atoms with van der Waals surface area (Å²) in [7, 11) is 2.76. The molecule has 14 nitrogen and oxygen atoms in total. The van der Waals surface area contributed by atoms with Crippen LogP contribution in [-0.2, 0) is 52.2 Å². The number of esters is 1. The van der Waals surface area contributed by atoms with Gasteiger partial charge in [-0.05, 0) is 114 Å². The van der Waals surface area contributed by atoms with E-state index < -0.39 is 85.6 Å². The number of Topliss-reactive ketones (excluding diaryl/α,β-unsaturated/α-hetero) is 3. The molecule has 3 fully saturated rings. The van der Waals surface area contributed by atoms with Gasteiger partial charge in [-0.25, -0.2) is 4.79 Å². The minimum absolute atomic E-state index is 0.0175. The van der Waals surface area contributed by atoms with Crippen molar-refractivity contribution in [2.45, 2.75) is 180 Å². The highest BCUT2D eigenvalue weighted by molar-refractivity contribution is 7.44. The summed E-state index contributed by atoms with van der Waals surface area (Å²) in [5, 5.41) is 23.4. The molecule has 0 aromatic heterocycles. The average molecular weight is 960 g/mol. The molecule has 2 saturated heterocycles. The van der Waals surface area contributed by atoms with Crippen LogP contribution in [0.25, 0.3) is 0 Å². The second-order valence-electron chi connectivity index (χ2n) is 20.2. The van der Waals surface area contributed by atoms with Crippen LogP contribution in [0.2, 0.25) is 0 Å². The molecule has 16 atom stereocenters. The Morgan fingerprint density at radius 1 is 0.881 bits per heavy atom. The van der Waals surface area contributed by atoms with Crippen molar-refractivity contribution in [3.8, 4) is 0 Å². The summed E-state index contributed by atoms with van der Waals surface area (Å²) < 4.78 is 42.3. The van der Waals surface area contributed by atoms with Crippen molar-refractivity contribution in [2.24, 2.45) is 35.5 Å². The van der Waals surface area contributed by atoms with E-state index in [1.807, 2.05) is 58.1 Å².